The van der Waals surface area contributed by atoms with Crippen molar-refractivity contribution >= 4 is 5.97 Å². The Morgan fingerprint density at radius 2 is 2.11 bits per heavy atom. The molecule has 1 aliphatic heterocycles. The van der Waals surface area contributed by atoms with Crippen molar-refractivity contribution in [3.8, 4) is 0 Å². The molecule has 0 aromatic heterocycles. The second-order valence-corrected chi connectivity index (χ2v) is 4.84. The summed E-state index contributed by atoms with van der Waals surface area (Å²) in [6.07, 6.45) is 3.50. The molecule has 1 fully saturated rings. The highest BCUT2D eigenvalue weighted by Gasteiger charge is 2.21. The molecule has 106 valence electrons. The third-order valence-corrected chi connectivity index (χ3v) is 3.29. The van der Waals surface area contributed by atoms with Crippen LogP contribution in [-0.4, -0.2) is 23.7 Å². The summed E-state index contributed by atoms with van der Waals surface area (Å²) < 4.78 is 11.9. The molecular weight excluding hydrogens is 245 g/mol. The molecule has 2 atom stereocenters. The molecule has 1 aromatic carbocycles. The molecule has 3 nitrogen and oxygen atoms in total. The molecule has 0 spiro atoms. The SMILES string of the molecule is CCC1CC(CC(=O)O)CCN1.Fc1ccccc1. The van der Waals surface area contributed by atoms with E-state index in [2.05, 4.69) is 12.2 Å². The summed E-state index contributed by atoms with van der Waals surface area (Å²) in [5.41, 5.74) is 0. The van der Waals surface area contributed by atoms with Gasteiger partial charge in [0.1, 0.15) is 5.82 Å². The molecule has 0 bridgehead atoms. The number of piperidine rings is 1. The molecule has 2 unspecified atom stereocenters. The van der Waals surface area contributed by atoms with Gasteiger partial charge in [0.05, 0.1) is 0 Å². The Balaban J connectivity index is 0.000000218. The van der Waals surface area contributed by atoms with Crippen molar-refractivity contribution < 1.29 is 14.3 Å². The zero-order valence-electron chi connectivity index (χ0n) is 11.3. The Bertz CT molecular complexity index is 370. The lowest BCUT2D eigenvalue weighted by molar-refractivity contribution is -0.138. The van der Waals surface area contributed by atoms with Gasteiger partial charge in [-0.3, -0.25) is 4.79 Å². The molecule has 4 heteroatoms. The minimum Gasteiger partial charge on any atom is -0.481 e. The number of rotatable bonds is 3. The number of nitrogens with one attached hydrogen (secondary N) is 1. The lowest BCUT2D eigenvalue weighted by Crippen LogP contribution is -2.38. The Labute approximate surface area is 113 Å². The molecule has 19 heavy (non-hydrogen) atoms. The fourth-order valence-corrected chi connectivity index (χ4v) is 2.25. The van der Waals surface area contributed by atoms with Crippen LogP contribution in [0, 0.1) is 11.7 Å². The fraction of sp³-hybridized carbons (Fsp3) is 0.533. The second-order valence-electron chi connectivity index (χ2n) is 4.84. The molecule has 1 saturated heterocycles. The van der Waals surface area contributed by atoms with Crippen LogP contribution in [0.2, 0.25) is 0 Å². The lowest BCUT2D eigenvalue weighted by atomic mass is 9.89. The highest BCUT2D eigenvalue weighted by molar-refractivity contribution is 5.67. The summed E-state index contributed by atoms with van der Waals surface area (Å²) in [6, 6.07) is 8.48. The van der Waals surface area contributed by atoms with E-state index in [1.54, 1.807) is 18.2 Å². The molecule has 1 aliphatic rings. The average Bonchev–Trinajstić information content (AvgIpc) is 2.40. The van der Waals surface area contributed by atoms with E-state index in [1.807, 2.05) is 0 Å². The zero-order valence-corrected chi connectivity index (χ0v) is 11.3. The third kappa shape index (κ3) is 6.91. The van der Waals surface area contributed by atoms with Crippen LogP contribution in [0.1, 0.15) is 32.6 Å². The van der Waals surface area contributed by atoms with Crippen LogP contribution in [0.15, 0.2) is 30.3 Å². The predicted octanol–water partition coefficient (Wildman–Crippen LogP) is 3.07. The van der Waals surface area contributed by atoms with E-state index in [0.717, 1.165) is 25.8 Å². The number of carbonyl (C=O) groups is 1. The van der Waals surface area contributed by atoms with Gasteiger partial charge in [0, 0.05) is 12.5 Å². The van der Waals surface area contributed by atoms with Crippen LogP contribution < -0.4 is 5.32 Å². The van der Waals surface area contributed by atoms with E-state index in [0.29, 0.717) is 18.4 Å². The third-order valence-electron chi connectivity index (χ3n) is 3.29. The van der Waals surface area contributed by atoms with Crippen LogP contribution in [0.25, 0.3) is 0 Å². The van der Waals surface area contributed by atoms with E-state index >= 15 is 0 Å². The first-order chi connectivity index (χ1) is 9.11. The normalized spacial score (nSPS) is 22.2. The zero-order chi connectivity index (χ0) is 14.1. The van der Waals surface area contributed by atoms with Crippen molar-refractivity contribution in [1.82, 2.24) is 5.32 Å². The van der Waals surface area contributed by atoms with E-state index < -0.39 is 5.97 Å². The minimum atomic E-state index is -0.656. The highest BCUT2D eigenvalue weighted by atomic mass is 19.1. The van der Waals surface area contributed by atoms with Gasteiger partial charge in [-0.05, 0) is 43.9 Å². The molecular formula is C15H22FNO2. The van der Waals surface area contributed by atoms with Gasteiger partial charge in [-0.15, -0.1) is 0 Å². The number of hydrogen-bond acceptors (Lipinski definition) is 2. The maximum atomic E-state index is 11.9. The quantitative estimate of drug-likeness (QED) is 0.885. The maximum absolute atomic E-state index is 11.9. The first-order valence-corrected chi connectivity index (χ1v) is 6.77. The minimum absolute atomic E-state index is 0.178. The summed E-state index contributed by atoms with van der Waals surface area (Å²) >= 11 is 0. The largest absolute Gasteiger partial charge is 0.481 e. The predicted molar refractivity (Wildman–Crippen MR) is 73.5 cm³/mol. The summed E-state index contributed by atoms with van der Waals surface area (Å²) in [5, 5.41) is 12.0. The second kappa shape index (κ2) is 8.64. The standard InChI is InChI=1S/C9H17NO2.C6H5F/c1-2-8-5-7(3-4-10-8)6-9(11)12;7-6-4-2-1-3-5-6/h7-8,10H,2-6H2,1H3,(H,11,12);1-5H. The van der Waals surface area contributed by atoms with Crippen molar-refractivity contribution in [2.75, 3.05) is 6.54 Å². The smallest absolute Gasteiger partial charge is 0.303 e. The van der Waals surface area contributed by atoms with E-state index in [1.165, 1.54) is 12.1 Å². The molecule has 0 radical (unpaired) electrons. The van der Waals surface area contributed by atoms with E-state index in [-0.39, 0.29) is 5.82 Å². The van der Waals surface area contributed by atoms with Crippen LogP contribution in [0.4, 0.5) is 4.39 Å². The average molecular weight is 267 g/mol. The van der Waals surface area contributed by atoms with Gasteiger partial charge in [-0.2, -0.15) is 0 Å². The van der Waals surface area contributed by atoms with E-state index in [4.69, 9.17) is 5.11 Å². The van der Waals surface area contributed by atoms with Crippen molar-refractivity contribution in [3.63, 3.8) is 0 Å². The van der Waals surface area contributed by atoms with Gasteiger partial charge in [-0.25, -0.2) is 4.39 Å². The van der Waals surface area contributed by atoms with Crippen molar-refractivity contribution in [1.29, 1.82) is 0 Å². The van der Waals surface area contributed by atoms with Gasteiger partial charge in [0.25, 0.3) is 0 Å². The molecule has 1 heterocycles. The number of hydrogen-bond donors (Lipinski definition) is 2. The number of benzene rings is 1. The number of carboxylic acid groups (broad SMARTS) is 1. The molecule has 0 saturated carbocycles. The van der Waals surface area contributed by atoms with Crippen LogP contribution in [0.3, 0.4) is 0 Å². The Morgan fingerprint density at radius 1 is 1.42 bits per heavy atom. The molecule has 0 aliphatic carbocycles. The number of halogens is 1. The molecule has 0 amide bonds. The Hall–Kier alpha value is -1.42. The first-order valence-electron chi connectivity index (χ1n) is 6.77. The van der Waals surface area contributed by atoms with E-state index in [9.17, 15) is 9.18 Å². The summed E-state index contributed by atoms with van der Waals surface area (Å²) in [6.45, 7) is 3.12. The Morgan fingerprint density at radius 3 is 2.58 bits per heavy atom. The summed E-state index contributed by atoms with van der Waals surface area (Å²) in [5.74, 6) is -0.437. The molecule has 2 rings (SSSR count). The highest BCUT2D eigenvalue weighted by Crippen LogP contribution is 2.20. The summed E-state index contributed by atoms with van der Waals surface area (Å²) in [7, 11) is 0. The molecule has 1 aromatic rings. The topological polar surface area (TPSA) is 49.3 Å². The van der Waals surface area contributed by atoms with Crippen LogP contribution in [0.5, 0.6) is 0 Å². The first kappa shape index (κ1) is 15.6. The monoisotopic (exact) mass is 267 g/mol. The van der Waals surface area contributed by atoms with Gasteiger partial charge < -0.3 is 10.4 Å². The maximum Gasteiger partial charge on any atom is 0.303 e. The number of carboxylic acids is 1. The lowest BCUT2D eigenvalue weighted by Gasteiger charge is -2.28. The van der Waals surface area contributed by atoms with Crippen LogP contribution in [-0.2, 0) is 4.79 Å². The fourth-order valence-electron chi connectivity index (χ4n) is 2.25. The summed E-state index contributed by atoms with van der Waals surface area (Å²) in [4.78, 5) is 10.4. The number of aliphatic carboxylic acids is 1. The van der Waals surface area contributed by atoms with Gasteiger partial charge in [-0.1, -0.05) is 25.1 Å². The van der Waals surface area contributed by atoms with Gasteiger partial charge >= 0.3 is 5.97 Å². The van der Waals surface area contributed by atoms with Gasteiger partial charge in [0.15, 0.2) is 0 Å². The molecule has 2 N–H and O–H groups in total. The van der Waals surface area contributed by atoms with Crippen molar-refractivity contribution in [2.24, 2.45) is 5.92 Å². The Kier molecular flexibility index (Phi) is 7.11. The van der Waals surface area contributed by atoms with Crippen molar-refractivity contribution in [2.45, 2.75) is 38.6 Å². The van der Waals surface area contributed by atoms with Gasteiger partial charge in [0.2, 0.25) is 0 Å². The van der Waals surface area contributed by atoms with Crippen molar-refractivity contribution in [3.05, 3.63) is 36.1 Å². The van der Waals surface area contributed by atoms with Crippen LogP contribution >= 0.6 is 0 Å².